The summed E-state index contributed by atoms with van der Waals surface area (Å²) in [5.41, 5.74) is 2.78. The number of benzene rings is 1. The van der Waals surface area contributed by atoms with E-state index in [2.05, 4.69) is 25.9 Å². The van der Waals surface area contributed by atoms with E-state index in [1.165, 1.54) is 12.8 Å². The molecule has 2 unspecified atom stereocenters. The van der Waals surface area contributed by atoms with Gasteiger partial charge in [-0.25, -0.2) is 4.68 Å². The quantitative estimate of drug-likeness (QED) is 0.746. The molecular weight excluding hydrogens is 340 g/mol. The zero-order chi connectivity index (χ0) is 18.4. The number of piperidine rings is 1. The molecular formula is C20H22N6O. The zero-order valence-corrected chi connectivity index (χ0v) is 15.2. The molecule has 7 nitrogen and oxygen atoms in total. The number of carbonyl (C=O) groups excluding carboxylic acids is 1. The lowest BCUT2D eigenvalue weighted by molar-refractivity contribution is 0.0918. The number of rotatable bonds is 3. The first-order valence-corrected chi connectivity index (χ1v) is 9.52. The van der Waals surface area contributed by atoms with E-state index in [-0.39, 0.29) is 11.9 Å². The van der Waals surface area contributed by atoms with Gasteiger partial charge in [0.15, 0.2) is 5.69 Å². The summed E-state index contributed by atoms with van der Waals surface area (Å²) in [4.78, 5) is 17.3. The number of hydrogen-bond acceptors (Lipinski definition) is 5. The van der Waals surface area contributed by atoms with Crippen molar-refractivity contribution in [1.29, 1.82) is 0 Å². The van der Waals surface area contributed by atoms with E-state index >= 15 is 0 Å². The molecule has 2 N–H and O–H groups in total. The van der Waals surface area contributed by atoms with E-state index in [9.17, 15) is 4.79 Å². The molecule has 27 heavy (non-hydrogen) atoms. The van der Waals surface area contributed by atoms with Crippen LogP contribution in [0.15, 0.2) is 36.5 Å². The molecule has 2 saturated heterocycles. The van der Waals surface area contributed by atoms with E-state index in [4.69, 9.17) is 0 Å². The Kier molecular flexibility index (Phi) is 3.89. The van der Waals surface area contributed by atoms with Crippen molar-refractivity contribution in [3.8, 4) is 5.69 Å². The Morgan fingerprint density at radius 2 is 1.96 bits per heavy atom. The van der Waals surface area contributed by atoms with Crippen LogP contribution in [0, 0.1) is 6.92 Å². The topological polar surface area (TPSA) is 84.7 Å². The average molecular weight is 362 g/mol. The number of nitrogens with one attached hydrogen (secondary N) is 2. The molecule has 1 aromatic carbocycles. The zero-order valence-electron chi connectivity index (χ0n) is 15.2. The van der Waals surface area contributed by atoms with Crippen molar-refractivity contribution in [1.82, 2.24) is 30.6 Å². The Bertz CT molecular complexity index is 995. The SMILES string of the molecule is Cc1c(C(=O)NC2CC3CCC(C2)N3)nnn1-c1cccc2cccnc12. The third-order valence-electron chi connectivity index (χ3n) is 5.76. The summed E-state index contributed by atoms with van der Waals surface area (Å²) in [6.45, 7) is 1.88. The number of aromatic nitrogens is 4. The molecule has 0 radical (unpaired) electrons. The second kappa shape index (κ2) is 6.42. The Labute approximate surface area is 157 Å². The van der Waals surface area contributed by atoms with Gasteiger partial charge in [-0.05, 0) is 44.7 Å². The van der Waals surface area contributed by atoms with Crippen LogP contribution in [-0.4, -0.2) is 44.0 Å². The molecule has 2 atom stereocenters. The monoisotopic (exact) mass is 362 g/mol. The summed E-state index contributed by atoms with van der Waals surface area (Å²) in [5.74, 6) is -0.141. The van der Waals surface area contributed by atoms with Gasteiger partial charge in [-0.1, -0.05) is 23.4 Å². The van der Waals surface area contributed by atoms with Crippen molar-refractivity contribution in [3.05, 3.63) is 47.9 Å². The minimum atomic E-state index is -0.141. The molecule has 3 aromatic rings. The van der Waals surface area contributed by atoms with Crippen LogP contribution in [0.5, 0.6) is 0 Å². The van der Waals surface area contributed by atoms with Crippen LogP contribution in [0.2, 0.25) is 0 Å². The molecule has 2 aliphatic rings. The summed E-state index contributed by atoms with van der Waals surface area (Å²) in [6, 6.07) is 11.1. The van der Waals surface area contributed by atoms with Gasteiger partial charge in [0, 0.05) is 29.7 Å². The van der Waals surface area contributed by atoms with E-state index in [1.54, 1.807) is 10.9 Å². The number of nitrogens with zero attached hydrogens (tertiary/aromatic N) is 4. The maximum absolute atomic E-state index is 12.8. The minimum absolute atomic E-state index is 0.141. The Morgan fingerprint density at radius 3 is 2.78 bits per heavy atom. The van der Waals surface area contributed by atoms with Crippen molar-refractivity contribution in [2.75, 3.05) is 0 Å². The highest BCUT2D eigenvalue weighted by atomic mass is 16.2. The third kappa shape index (κ3) is 2.88. The predicted octanol–water partition coefficient (Wildman–Crippen LogP) is 2.14. The molecule has 4 heterocycles. The van der Waals surface area contributed by atoms with Crippen LogP contribution in [0.3, 0.4) is 0 Å². The van der Waals surface area contributed by atoms with Gasteiger partial charge in [-0.15, -0.1) is 5.10 Å². The molecule has 2 aliphatic heterocycles. The number of pyridine rings is 1. The fourth-order valence-corrected chi connectivity index (χ4v) is 4.46. The van der Waals surface area contributed by atoms with Crippen LogP contribution in [0.1, 0.15) is 41.9 Å². The molecule has 7 heteroatoms. The first-order valence-electron chi connectivity index (χ1n) is 9.52. The van der Waals surface area contributed by atoms with E-state index < -0.39 is 0 Å². The van der Waals surface area contributed by atoms with Gasteiger partial charge >= 0.3 is 0 Å². The smallest absolute Gasteiger partial charge is 0.273 e. The Balaban J connectivity index is 1.42. The lowest BCUT2D eigenvalue weighted by Gasteiger charge is -2.29. The van der Waals surface area contributed by atoms with Gasteiger partial charge in [0.1, 0.15) is 0 Å². The number of amides is 1. The first-order chi connectivity index (χ1) is 13.2. The van der Waals surface area contributed by atoms with Gasteiger partial charge in [0.25, 0.3) is 5.91 Å². The lowest BCUT2D eigenvalue weighted by atomic mass is 9.99. The number of carbonyl (C=O) groups is 1. The highest BCUT2D eigenvalue weighted by molar-refractivity contribution is 5.94. The van der Waals surface area contributed by atoms with Crippen molar-refractivity contribution in [3.63, 3.8) is 0 Å². The maximum Gasteiger partial charge on any atom is 0.273 e. The summed E-state index contributed by atoms with van der Waals surface area (Å²) in [7, 11) is 0. The van der Waals surface area contributed by atoms with Gasteiger partial charge < -0.3 is 10.6 Å². The standard InChI is InChI=1S/C20H22N6O/c1-12-18(20(27)23-16-10-14-7-8-15(11-16)22-14)24-25-26(12)17-6-2-4-13-5-3-9-21-19(13)17/h2-6,9,14-16,22H,7-8,10-11H2,1H3,(H,23,27). The molecule has 0 saturated carbocycles. The van der Waals surface area contributed by atoms with Crippen molar-refractivity contribution in [2.45, 2.75) is 50.7 Å². The van der Waals surface area contributed by atoms with Gasteiger partial charge in [0.2, 0.25) is 0 Å². The van der Waals surface area contributed by atoms with Crippen molar-refractivity contribution in [2.24, 2.45) is 0 Å². The highest BCUT2D eigenvalue weighted by Gasteiger charge is 2.34. The normalized spacial score (nSPS) is 24.3. The van der Waals surface area contributed by atoms with Crippen LogP contribution >= 0.6 is 0 Å². The molecule has 0 spiro atoms. The molecule has 5 rings (SSSR count). The average Bonchev–Trinajstić information content (AvgIpc) is 3.23. The van der Waals surface area contributed by atoms with Crippen LogP contribution in [-0.2, 0) is 0 Å². The molecule has 2 aromatic heterocycles. The highest BCUT2D eigenvalue weighted by Crippen LogP contribution is 2.27. The van der Waals surface area contributed by atoms with Gasteiger partial charge in [0.05, 0.1) is 16.9 Å². The molecule has 2 fully saturated rings. The van der Waals surface area contributed by atoms with E-state index in [0.29, 0.717) is 17.8 Å². The van der Waals surface area contributed by atoms with E-state index in [0.717, 1.165) is 35.1 Å². The molecule has 2 bridgehead atoms. The third-order valence-corrected chi connectivity index (χ3v) is 5.76. The summed E-state index contributed by atoms with van der Waals surface area (Å²) < 4.78 is 1.70. The van der Waals surface area contributed by atoms with Crippen molar-refractivity contribution >= 4 is 16.8 Å². The summed E-state index contributed by atoms with van der Waals surface area (Å²) in [5, 5.41) is 16.2. The first kappa shape index (κ1) is 16.4. The lowest BCUT2D eigenvalue weighted by Crippen LogP contribution is -2.48. The fraction of sp³-hybridized carbons (Fsp3) is 0.400. The molecule has 1 amide bonds. The number of para-hydroxylation sites is 1. The largest absolute Gasteiger partial charge is 0.348 e. The summed E-state index contributed by atoms with van der Waals surface area (Å²) >= 11 is 0. The fourth-order valence-electron chi connectivity index (χ4n) is 4.46. The maximum atomic E-state index is 12.8. The molecule has 138 valence electrons. The minimum Gasteiger partial charge on any atom is -0.348 e. The summed E-state index contributed by atoms with van der Waals surface area (Å²) in [6.07, 6.45) is 6.16. The second-order valence-corrected chi connectivity index (χ2v) is 7.57. The van der Waals surface area contributed by atoms with Crippen LogP contribution in [0.4, 0.5) is 0 Å². The van der Waals surface area contributed by atoms with Crippen LogP contribution < -0.4 is 10.6 Å². The second-order valence-electron chi connectivity index (χ2n) is 7.57. The van der Waals surface area contributed by atoms with Crippen LogP contribution in [0.25, 0.3) is 16.6 Å². The van der Waals surface area contributed by atoms with E-state index in [1.807, 2.05) is 37.3 Å². The Hall–Kier alpha value is -2.80. The van der Waals surface area contributed by atoms with Gasteiger partial charge in [-0.3, -0.25) is 9.78 Å². The number of fused-ring (bicyclic) bond motifs is 3. The van der Waals surface area contributed by atoms with Crippen molar-refractivity contribution < 1.29 is 4.79 Å². The van der Waals surface area contributed by atoms with Gasteiger partial charge in [-0.2, -0.15) is 0 Å². The predicted molar refractivity (Wildman–Crippen MR) is 102 cm³/mol. The molecule has 0 aliphatic carbocycles. The number of hydrogen-bond donors (Lipinski definition) is 2. The Morgan fingerprint density at radius 1 is 1.19 bits per heavy atom.